The Morgan fingerprint density at radius 3 is 2.52 bits per heavy atom. The molecule has 0 aliphatic carbocycles. The highest BCUT2D eigenvalue weighted by Crippen LogP contribution is 2.37. The number of anilines is 1. The minimum atomic E-state index is -1.79. The van der Waals surface area contributed by atoms with Crippen LogP contribution >= 0.6 is 0 Å². The van der Waals surface area contributed by atoms with Crippen LogP contribution in [0, 0.1) is 29.1 Å². The molecule has 1 atom stereocenters. The van der Waals surface area contributed by atoms with Crippen LogP contribution < -0.4 is 15.8 Å². The Hall–Kier alpha value is -5.28. The molecule has 4 N–H and O–H groups in total. The number of nitrogens with two attached hydrogens (primary N) is 1. The summed E-state index contributed by atoms with van der Waals surface area (Å²) in [5, 5.41) is 16.0. The second-order valence-electron chi connectivity index (χ2n) is 9.11. The number of rotatable bonds is 7. The van der Waals surface area contributed by atoms with Gasteiger partial charge in [-0.1, -0.05) is 6.08 Å². The molecular formula is C26H20F5N7O4. The van der Waals surface area contributed by atoms with Crippen LogP contribution in [0.4, 0.5) is 32.6 Å². The molecule has 4 aromatic rings. The van der Waals surface area contributed by atoms with Gasteiger partial charge in [-0.15, -0.1) is 0 Å². The van der Waals surface area contributed by atoms with Crippen molar-refractivity contribution >= 4 is 28.9 Å². The summed E-state index contributed by atoms with van der Waals surface area (Å²) in [5.41, 5.74) is 6.26. The van der Waals surface area contributed by atoms with E-state index in [2.05, 4.69) is 20.4 Å². The first kappa shape index (κ1) is 28.3. The number of hydrogen-bond donors (Lipinski definition) is 3. The van der Waals surface area contributed by atoms with Crippen LogP contribution in [-0.4, -0.2) is 61.4 Å². The van der Waals surface area contributed by atoms with Gasteiger partial charge in [0.05, 0.1) is 11.4 Å². The number of amides is 2. The van der Waals surface area contributed by atoms with E-state index >= 15 is 4.39 Å². The van der Waals surface area contributed by atoms with Crippen LogP contribution in [0.15, 0.2) is 42.7 Å². The van der Waals surface area contributed by atoms with Crippen LogP contribution in [0.1, 0.15) is 12.5 Å². The van der Waals surface area contributed by atoms with E-state index in [9.17, 15) is 27.2 Å². The monoisotopic (exact) mass is 589 g/mol. The number of carbonyl (C=O) groups excluding carboxylic acids is 1. The van der Waals surface area contributed by atoms with Crippen LogP contribution in [0.2, 0.25) is 0 Å². The minimum Gasteiger partial charge on any atom is -0.478 e. The number of ether oxygens (including phenoxy) is 1. The number of nitrogens with zero attached hydrogens (tertiary/aromatic N) is 5. The zero-order chi connectivity index (χ0) is 30.1. The molecule has 1 saturated heterocycles. The molecule has 16 heteroatoms. The maximum Gasteiger partial charge on any atom is 0.328 e. The first-order chi connectivity index (χ1) is 20.0. The van der Waals surface area contributed by atoms with Gasteiger partial charge in [0.1, 0.15) is 29.4 Å². The number of aromatic nitrogens is 4. The van der Waals surface area contributed by atoms with Gasteiger partial charge < -0.3 is 25.8 Å². The Labute approximate surface area is 233 Å². The highest BCUT2D eigenvalue weighted by atomic mass is 19.2. The molecule has 1 fully saturated rings. The third kappa shape index (κ3) is 5.37. The fraction of sp³-hybridized carbons (Fsp3) is 0.192. The third-order valence-electron chi connectivity index (χ3n) is 6.43. The summed E-state index contributed by atoms with van der Waals surface area (Å²) in [7, 11) is 0. The Balaban J connectivity index is 1.43. The molecule has 0 spiro atoms. The molecule has 0 radical (unpaired) electrons. The van der Waals surface area contributed by atoms with E-state index in [1.807, 2.05) is 0 Å². The molecule has 1 aliphatic heterocycles. The maximum atomic E-state index is 15.4. The van der Waals surface area contributed by atoms with Crippen molar-refractivity contribution in [2.75, 3.05) is 25.4 Å². The lowest BCUT2D eigenvalue weighted by atomic mass is 10.1. The number of aliphatic carboxylic acids is 1. The summed E-state index contributed by atoms with van der Waals surface area (Å²) in [5.74, 6) is -10.9. The van der Waals surface area contributed by atoms with Gasteiger partial charge in [0, 0.05) is 43.4 Å². The summed E-state index contributed by atoms with van der Waals surface area (Å²) in [4.78, 5) is 32.8. The normalized spacial score (nSPS) is 15.1. The second-order valence-corrected chi connectivity index (χ2v) is 9.11. The number of hydrogen-bond acceptors (Lipinski definition) is 7. The summed E-state index contributed by atoms with van der Waals surface area (Å²) in [6, 6.07) is 2.24. The Morgan fingerprint density at radius 2 is 1.83 bits per heavy atom. The highest BCUT2D eigenvalue weighted by molar-refractivity contribution is 5.98. The van der Waals surface area contributed by atoms with E-state index in [0.29, 0.717) is 13.0 Å². The standard InChI is InChI=1S/C26H20F5N7O4/c27-15-8-13(42-23-20(30)16(28)9-17(29)21(23)31)3-4-14(15)22-19-24(32)34-11-35-25(19)38(36-22)12-5-7-37(10-12)26(41)33-6-1-2-18(39)40/h1-4,8-9,11-12H,5-7,10H2,(H,33,41)(H,39,40)(H2,32,34,35)/b2-1+. The van der Waals surface area contributed by atoms with Gasteiger partial charge in [-0.05, 0) is 18.6 Å². The van der Waals surface area contributed by atoms with Crippen molar-refractivity contribution in [3.8, 4) is 22.8 Å². The van der Waals surface area contributed by atoms with Crippen molar-refractivity contribution in [3.63, 3.8) is 0 Å². The number of fused-ring (bicyclic) bond motifs is 1. The van der Waals surface area contributed by atoms with Gasteiger partial charge in [-0.2, -0.15) is 13.9 Å². The average Bonchev–Trinajstić information content (AvgIpc) is 3.58. The summed E-state index contributed by atoms with van der Waals surface area (Å²) in [6.45, 7) is 0.549. The number of likely N-dealkylation sites (tertiary alicyclic amines) is 1. The van der Waals surface area contributed by atoms with Crippen molar-refractivity contribution in [1.29, 1.82) is 0 Å². The van der Waals surface area contributed by atoms with Crippen molar-refractivity contribution in [1.82, 2.24) is 30.0 Å². The summed E-state index contributed by atoms with van der Waals surface area (Å²) in [6.07, 6.45) is 3.84. The number of halogens is 5. The molecule has 0 saturated carbocycles. The fourth-order valence-corrected chi connectivity index (χ4v) is 4.49. The van der Waals surface area contributed by atoms with E-state index in [-0.39, 0.29) is 47.3 Å². The van der Waals surface area contributed by atoms with Gasteiger partial charge >= 0.3 is 12.0 Å². The first-order valence-corrected chi connectivity index (χ1v) is 12.3. The van der Waals surface area contributed by atoms with Crippen LogP contribution in [0.25, 0.3) is 22.3 Å². The number of nitrogen functional groups attached to an aromatic ring is 1. The van der Waals surface area contributed by atoms with E-state index in [0.717, 1.165) is 18.2 Å². The van der Waals surface area contributed by atoms with Gasteiger partial charge in [-0.3, -0.25) is 0 Å². The van der Waals surface area contributed by atoms with Gasteiger partial charge in [0.15, 0.2) is 17.3 Å². The molecule has 2 amide bonds. The van der Waals surface area contributed by atoms with E-state index < -0.39 is 58.6 Å². The predicted octanol–water partition coefficient (Wildman–Crippen LogP) is 4.16. The number of urea groups is 1. The minimum absolute atomic E-state index is 0.0112. The molecule has 218 valence electrons. The largest absolute Gasteiger partial charge is 0.478 e. The van der Waals surface area contributed by atoms with Crippen molar-refractivity contribution < 1.29 is 41.4 Å². The number of carboxylic acid groups (broad SMARTS) is 1. The Bertz CT molecular complexity index is 1720. The van der Waals surface area contributed by atoms with Gasteiger partial charge in [0.25, 0.3) is 0 Å². The van der Waals surface area contributed by atoms with E-state index in [1.54, 1.807) is 0 Å². The van der Waals surface area contributed by atoms with Crippen LogP contribution in [-0.2, 0) is 4.79 Å². The molecule has 11 nitrogen and oxygen atoms in total. The highest BCUT2D eigenvalue weighted by Gasteiger charge is 2.31. The van der Waals surface area contributed by atoms with Gasteiger partial charge in [0.2, 0.25) is 17.4 Å². The number of benzene rings is 2. The predicted molar refractivity (Wildman–Crippen MR) is 137 cm³/mol. The molecule has 1 aliphatic rings. The summed E-state index contributed by atoms with van der Waals surface area (Å²) < 4.78 is 76.9. The van der Waals surface area contributed by atoms with Crippen LogP contribution in [0.5, 0.6) is 11.5 Å². The zero-order valence-electron chi connectivity index (χ0n) is 21.3. The lowest BCUT2D eigenvalue weighted by molar-refractivity contribution is -0.131. The molecule has 3 heterocycles. The van der Waals surface area contributed by atoms with E-state index in [4.69, 9.17) is 15.6 Å². The molecule has 2 aromatic carbocycles. The van der Waals surface area contributed by atoms with Gasteiger partial charge in [-0.25, -0.2) is 37.4 Å². The topological polar surface area (TPSA) is 148 Å². The SMILES string of the molecule is Nc1ncnc2c1c(-c1ccc(Oc3c(F)c(F)cc(F)c3F)cc1F)nn2C1CCN(C(=O)NC/C=C/C(=O)O)C1. The quantitative estimate of drug-likeness (QED) is 0.165. The average molecular weight is 589 g/mol. The maximum absolute atomic E-state index is 15.4. The lowest BCUT2D eigenvalue weighted by Gasteiger charge is -2.17. The smallest absolute Gasteiger partial charge is 0.328 e. The summed E-state index contributed by atoms with van der Waals surface area (Å²) >= 11 is 0. The van der Waals surface area contributed by atoms with E-state index in [1.165, 1.54) is 28.1 Å². The second kappa shape index (κ2) is 11.3. The van der Waals surface area contributed by atoms with Crippen molar-refractivity contribution in [2.24, 2.45) is 0 Å². The molecular weight excluding hydrogens is 569 g/mol. The van der Waals surface area contributed by atoms with Crippen molar-refractivity contribution in [3.05, 3.63) is 71.8 Å². The molecule has 2 aromatic heterocycles. The van der Waals surface area contributed by atoms with Crippen molar-refractivity contribution in [2.45, 2.75) is 12.5 Å². The number of carboxylic acids is 1. The Kier molecular flexibility index (Phi) is 7.60. The molecule has 5 rings (SSSR count). The third-order valence-corrected chi connectivity index (χ3v) is 6.43. The Morgan fingerprint density at radius 1 is 1.10 bits per heavy atom. The molecule has 0 bridgehead atoms. The number of nitrogens with one attached hydrogen (secondary N) is 1. The number of carbonyl (C=O) groups is 2. The van der Waals surface area contributed by atoms with Crippen LogP contribution in [0.3, 0.4) is 0 Å². The first-order valence-electron chi connectivity index (χ1n) is 12.3. The molecule has 1 unspecified atom stereocenters. The lowest BCUT2D eigenvalue weighted by Crippen LogP contribution is -2.38. The zero-order valence-corrected chi connectivity index (χ0v) is 21.3. The fourth-order valence-electron chi connectivity index (χ4n) is 4.49. The molecule has 42 heavy (non-hydrogen) atoms.